The monoisotopic (exact) mass is 344 g/mol. The SMILES string of the molecule is CC(C)n1cnc2cc(C(=O)NCCSc3nccn3C)cnc21. The van der Waals surface area contributed by atoms with Crippen LogP contribution < -0.4 is 5.32 Å². The molecule has 3 aromatic rings. The van der Waals surface area contributed by atoms with Crippen LogP contribution in [0.25, 0.3) is 11.2 Å². The molecule has 0 atom stereocenters. The Balaban J connectivity index is 1.59. The van der Waals surface area contributed by atoms with E-state index in [2.05, 4.69) is 34.1 Å². The van der Waals surface area contributed by atoms with Crippen molar-refractivity contribution in [1.29, 1.82) is 0 Å². The molecule has 8 heteroatoms. The molecule has 0 aliphatic carbocycles. The zero-order valence-electron chi connectivity index (χ0n) is 13.9. The van der Waals surface area contributed by atoms with E-state index in [0.29, 0.717) is 12.1 Å². The molecule has 0 aliphatic heterocycles. The largest absolute Gasteiger partial charge is 0.351 e. The van der Waals surface area contributed by atoms with Gasteiger partial charge in [0, 0.05) is 44.0 Å². The first-order valence-corrected chi connectivity index (χ1v) is 8.75. The predicted octanol–water partition coefficient (Wildman–Crippen LogP) is 2.27. The van der Waals surface area contributed by atoms with E-state index in [1.807, 2.05) is 22.4 Å². The molecule has 1 N–H and O–H groups in total. The maximum Gasteiger partial charge on any atom is 0.252 e. The number of carbonyl (C=O) groups is 1. The first kappa shape index (κ1) is 16.5. The summed E-state index contributed by atoms with van der Waals surface area (Å²) in [5.74, 6) is 0.623. The Hall–Kier alpha value is -2.35. The molecule has 0 bridgehead atoms. The summed E-state index contributed by atoms with van der Waals surface area (Å²) in [5.41, 5.74) is 2.06. The van der Waals surface area contributed by atoms with E-state index in [9.17, 15) is 4.79 Å². The summed E-state index contributed by atoms with van der Waals surface area (Å²) < 4.78 is 3.94. The molecule has 7 nitrogen and oxygen atoms in total. The molecule has 0 unspecified atom stereocenters. The lowest BCUT2D eigenvalue weighted by molar-refractivity contribution is 0.0956. The highest BCUT2D eigenvalue weighted by Crippen LogP contribution is 2.16. The van der Waals surface area contributed by atoms with Gasteiger partial charge in [0.2, 0.25) is 0 Å². The Labute approximate surface area is 144 Å². The molecule has 1 amide bonds. The number of nitrogens with zero attached hydrogens (tertiary/aromatic N) is 5. The second-order valence-electron chi connectivity index (χ2n) is 5.74. The van der Waals surface area contributed by atoms with Gasteiger partial charge in [0.15, 0.2) is 10.8 Å². The van der Waals surface area contributed by atoms with Crippen LogP contribution in [0.3, 0.4) is 0 Å². The molecule has 0 fully saturated rings. The summed E-state index contributed by atoms with van der Waals surface area (Å²) >= 11 is 1.61. The number of rotatable bonds is 6. The van der Waals surface area contributed by atoms with Crippen molar-refractivity contribution in [2.45, 2.75) is 25.0 Å². The van der Waals surface area contributed by atoms with Crippen molar-refractivity contribution in [3.8, 4) is 0 Å². The van der Waals surface area contributed by atoms with E-state index in [0.717, 1.165) is 22.1 Å². The minimum absolute atomic E-state index is 0.135. The number of thioether (sulfide) groups is 1. The Kier molecular flexibility index (Phi) is 4.84. The fourth-order valence-corrected chi connectivity index (χ4v) is 3.11. The van der Waals surface area contributed by atoms with Crippen LogP contribution in [-0.2, 0) is 7.05 Å². The maximum absolute atomic E-state index is 12.2. The summed E-state index contributed by atoms with van der Waals surface area (Å²) in [7, 11) is 1.95. The van der Waals surface area contributed by atoms with Gasteiger partial charge in [-0.15, -0.1) is 0 Å². The van der Waals surface area contributed by atoms with Gasteiger partial charge in [0.25, 0.3) is 5.91 Å². The van der Waals surface area contributed by atoms with Gasteiger partial charge in [0.05, 0.1) is 11.9 Å². The van der Waals surface area contributed by atoms with E-state index >= 15 is 0 Å². The topological polar surface area (TPSA) is 77.6 Å². The van der Waals surface area contributed by atoms with Crippen LogP contribution in [0.2, 0.25) is 0 Å². The van der Waals surface area contributed by atoms with Crippen molar-refractivity contribution in [3.05, 3.63) is 36.5 Å². The van der Waals surface area contributed by atoms with Gasteiger partial charge < -0.3 is 14.5 Å². The van der Waals surface area contributed by atoms with Gasteiger partial charge in [0.1, 0.15) is 5.52 Å². The second-order valence-corrected chi connectivity index (χ2v) is 6.80. The predicted molar refractivity (Wildman–Crippen MR) is 94.2 cm³/mol. The van der Waals surface area contributed by atoms with Gasteiger partial charge in [-0.1, -0.05) is 11.8 Å². The van der Waals surface area contributed by atoms with Crippen LogP contribution in [0, 0.1) is 0 Å². The van der Waals surface area contributed by atoms with Crippen molar-refractivity contribution in [1.82, 2.24) is 29.4 Å². The fourth-order valence-electron chi connectivity index (χ4n) is 2.32. The minimum Gasteiger partial charge on any atom is -0.351 e. The van der Waals surface area contributed by atoms with E-state index in [4.69, 9.17) is 0 Å². The lowest BCUT2D eigenvalue weighted by Gasteiger charge is -2.07. The quantitative estimate of drug-likeness (QED) is 0.548. The number of carbonyl (C=O) groups excluding carboxylic acids is 1. The molecule has 0 aliphatic rings. The molecular formula is C16H20N6OS. The number of amides is 1. The molecule has 3 aromatic heterocycles. The molecule has 24 heavy (non-hydrogen) atoms. The molecule has 126 valence electrons. The minimum atomic E-state index is -0.135. The number of nitrogens with one attached hydrogen (secondary N) is 1. The Bertz CT molecular complexity index is 853. The normalized spacial score (nSPS) is 11.3. The summed E-state index contributed by atoms with van der Waals surface area (Å²) in [6.07, 6.45) is 7.02. The number of hydrogen-bond donors (Lipinski definition) is 1. The summed E-state index contributed by atoms with van der Waals surface area (Å²) in [5, 5.41) is 3.84. The van der Waals surface area contributed by atoms with Crippen molar-refractivity contribution in [3.63, 3.8) is 0 Å². The Morgan fingerprint density at radius 1 is 1.33 bits per heavy atom. The van der Waals surface area contributed by atoms with E-state index in [-0.39, 0.29) is 11.9 Å². The van der Waals surface area contributed by atoms with E-state index in [1.165, 1.54) is 0 Å². The maximum atomic E-state index is 12.2. The van der Waals surface area contributed by atoms with Crippen molar-refractivity contribution in [2.75, 3.05) is 12.3 Å². The number of pyridine rings is 1. The molecule has 0 radical (unpaired) electrons. The van der Waals surface area contributed by atoms with E-state index in [1.54, 1.807) is 36.5 Å². The average Bonchev–Trinajstić information content (AvgIpc) is 3.16. The number of fused-ring (bicyclic) bond motifs is 1. The third-order valence-corrected chi connectivity index (χ3v) is 4.69. The van der Waals surface area contributed by atoms with Crippen LogP contribution in [-0.4, -0.2) is 42.3 Å². The van der Waals surface area contributed by atoms with Crippen molar-refractivity contribution < 1.29 is 4.79 Å². The molecule has 0 saturated carbocycles. The molecule has 0 aromatic carbocycles. The van der Waals surface area contributed by atoms with E-state index < -0.39 is 0 Å². The third-order valence-electron chi connectivity index (χ3n) is 3.63. The molecule has 3 heterocycles. The zero-order chi connectivity index (χ0) is 17.1. The first-order chi connectivity index (χ1) is 11.6. The van der Waals surface area contributed by atoms with Gasteiger partial charge in [-0.2, -0.15) is 0 Å². The van der Waals surface area contributed by atoms with Gasteiger partial charge in [-0.3, -0.25) is 4.79 Å². The summed E-state index contributed by atoms with van der Waals surface area (Å²) in [6.45, 7) is 4.71. The number of hydrogen-bond acceptors (Lipinski definition) is 5. The van der Waals surface area contributed by atoms with Crippen LogP contribution in [0.4, 0.5) is 0 Å². The van der Waals surface area contributed by atoms with Crippen LogP contribution >= 0.6 is 11.8 Å². The van der Waals surface area contributed by atoms with Gasteiger partial charge in [-0.25, -0.2) is 15.0 Å². The highest BCUT2D eigenvalue weighted by atomic mass is 32.2. The smallest absolute Gasteiger partial charge is 0.252 e. The summed E-state index contributed by atoms with van der Waals surface area (Å²) in [6, 6.07) is 2.06. The number of aryl methyl sites for hydroxylation is 1. The molecular weight excluding hydrogens is 324 g/mol. The summed E-state index contributed by atoms with van der Waals surface area (Å²) in [4.78, 5) is 25.2. The lowest BCUT2D eigenvalue weighted by Crippen LogP contribution is -2.26. The highest BCUT2D eigenvalue weighted by molar-refractivity contribution is 7.99. The van der Waals surface area contributed by atoms with Crippen LogP contribution in [0.15, 0.2) is 36.1 Å². The van der Waals surface area contributed by atoms with Gasteiger partial charge in [-0.05, 0) is 19.9 Å². The third kappa shape index (κ3) is 3.43. The Morgan fingerprint density at radius 2 is 2.17 bits per heavy atom. The number of imidazole rings is 2. The lowest BCUT2D eigenvalue weighted by atomic mass is 10.2. The highest BCUT2D eigenvalue weighted by Gasteiger charge is 2.11. The van der Waals surface area contributed by atoms with Crippen LogP contribution in [0.1, 0.15) is 30.2 Å². The Morgan fingerprint density at radius 3 is 2.88 bits per heavy atom. The average molecular weight is 344 g/mol. The van der Waals surface area contributed by atoms with Gasteiger partial charge >= 0.3 is 0 Å². The standard InChI is InChI=1S/C16H20N6OS/c1-11(2)22-10-20-13-8-12(9-19-14(13)22)15(23)17-5-7-24-16-18-4-6-21(16)3/h4,6,8-11H,5,7H2,1-3H3,(H,17,23). The molecule has 3 rings (SSSR count). The second kappa shape index (κ2) is 7.04. The fraction of sp³-hybridized carbons (Fsp3) is 0.375. The molecule has 0 spiro atoms. The van der Waals surface area contributed by atoms with Crippen molar-refractivity contribution >= 4 is 28.8 Å². The zero-order valence-corrected chi connectivity index (χ0v) is 14.7. The van der Waals surface area contributed by atoms with Crippen molar-refractivity contribution in [2.24, 2.45) is 7.05 Å². The van der Waals surface area contributed by atoms with Crippen LogP contribution in [0.5, 0.6) is 0 Å². The first-order valence-electron chi connectivity index (χ1n) is 7.77. The molecule has 0 saturated heterocycles. The number of aromatic nitrogens is 5.